The summed E-state index contributed by atoms with van der Waals surface area (Å²) in [6.07, 6.45) is 1.90. The predicted molar refractivity (Wildman–Crippen MR) is 187 cm³/mol. The maximum absolute atomic E-state index is 13.1. The molecule has 1 aliphatic heterocycles. The smallest absolute Gasteiger partial charge is 0.317 e. The van der Waals surface area contributed by atoms with Crippen molar-refractivity contribution in [2.75, 3.05) is 92.2 Å². The number of hydrogen-bond donors (Lipinski definition) is 6. The summed E-state index contributed by atoms with van der Waals surface area (Å²) in [5, 5.41) is 34.8. The van der Waals surface area contributed by atoms with Gasteiger partial charge in [0.15, 0.2) is 0 Å². The molecule has 0 unspecified atom stereocenters. The number of hydrogen-bond acceptors (Lipinski definition) is 11. The molecule has 0 saturated carbocycles. The first-order chi connectivity index (χ1) is 24.1. The highest BCUT2D eigenvalue weighted by Gasteiger charge is 2.21. The van der Waals surface area contributed by atoms with Crippen LogP contribution < -0.4 is 16.1 Å². The Hall–Kier alpha value is -3.96. The normalized spacial score (nSPS) is 16.6. The van der Waals surface area contributed by atoms with E-state index in [0.717, 1.165) is 24.0 Å². The van der Waals surface area contributed by atoms with E-state index in [0.29, 0.717) is 72.0 Å². The maximum Gasteiger partial charge on any atom is 0.317 e. The van der Waals surface area contributed by atoms with Gasteiger partial charge in [0.2, 0.25) is 5.91 Å². The van der Waals surface area contributed by atoms with Crippen molar-refractivity contribution in [2.45, 2.75) is 32.0 Å². The Morgan fingerprint density at radius 1 is 0.640 bits per heavy atom. The first kappa shape index (κ1) is 40.5. The highest BCUT2D eigenvalue weighted by Crippen LogP contribution is 2.09. The zero-order valence-electron chi connectivity index (χ0n) is 29.0. The third-order valence-corrected chi connectivity index (χ3v) is 8.58. The standard InChI is InChI=1S/C35H53N7O8/c1-50-38-23-31(12-11-28-5-3-2-4-6-28)36-21-29-7-9-30(10-8-29)22-37-32(43)24-39-13-15-40(25-33(44)45)17-19-42(27-35(48)49)20-18-41(16-14-39)26-34(46)47/h2-10,31,36,38H,11-27H2,1H3,(H,37,43)(H,44,45)(H,46,47)(H,48,49)/t31-/m1/s1. The molecule has 6 N–H and O–H groups in total. The number of aryl methyl sites for hydroxylation is 1. The lowest BCUT2D eigenvalue weighted by molar-refractivity contribution is -0.140. The molecular formula is C35H53N7O8. The van der Waals surface area contributed by atoms with Crippen LogP contribution in [0, 0.1) is 0 Å². The van der Waals surface area contributed by atoms with Gasteiger partial charge < -0.3 is 30.8 Å². The lowest BCUT2D eigenvalue weighted by atomic mass is 10.0. The Kier molecular flexibility index (Phi) is 18.4. The van der Waals surface area contributed by atoms with Crippen molar-refractivity contribution >= 4 is 23.8 Å². The molecule has 2 aromatic carbocycles. The fourth-order valence-corrected chi connectivity index (χ4v) is 5.73. The quantitative estimate of drug-likeness (QED) is 0.108. The number of carboxylic acid groups (broad SMARTS) is 3. The third kappa shape index (κ3) is 17.1. The second kappa shape index (κ2) is 22.7. The van der Waals surface area contributed by atoms with Gasteiger partial charge in [0.05, 0.1) is 33.3 Å². The number of benzene rings is 2. The average molecular weight is 700 g/mol. The minimum atomic E-state index is -1.01. The number of hydroxylamine groups is 1. The van der Waals surface area contributed by atoms with Crippen LogP contribution in [0.2, 0.25) is 0 Å². The van der Waals surface area contributed by atoms with E-state index in [1.54, 1.807) is 21.8 Å². The number of aliphatic carboxylic acids is 3. The lowest BCUT2D eigenvalue weighted by Crippen LogP contribution is -2.49. The summed E-state index contributed by atoms with van der Waals surface area (Å²) >= 11 is 0. The van der Waals surface area contributed by atoms with Gasteiger partial charge in [0, 0.05) is 78.0 Å². The molecule has 1 atom stereocenters. The van der Waals surface area contributed by atoms with Crippen LogP contribution in [0.4, 0.5) is 0 Å². The van der Waals surface area contributed by atoms with Crippen molar-refractivity contribution in [3.63, 3.8) is 0 Å². The van der Waals surface area contributed by atoms with Crippen molar-refractivity contribution in [3.05, 3.63) is 71.3 Å². The van der Waals surface area contributed by atoms with E-state index >= 15 is 0 Å². The first-order valence-electron chi connectivity index (χ1n) is 17.0. The third-order valence-electron chi connectivity index (χ3n) is 8.58. The van der Waals surface area contributed by atoms with E-state index in [4.69, 9.17) is 4.84 Å². The van der Waals surface area contributed by atoms with E-state index in [1.807, 2.05) is 47.4 Å². The monoisotopic (exact) mass is 699 g/mol. The predicted octanol–water partition coefficient (Wildman–Crippen LogP) is 0.0202. The number of nitrogens with zero attached hydrogens (tertiary/aromatic N) is 4. The second-order valence-electron chi connectivity index (χ2n) is 12.5. The van der Waals surface area contributed by atoms with Gasteiger partial charge in [-0.1, -0.05) is 54.6 Å². The molecule has 0 bridgehead atoms. The highest BCUT2D eigenvalue weighted by atomic mass is 16.6. The fourth-order valence-electron chi connectivity index (χ4n) is 5.73. The van der Waals surface area contributed by atoms with Gasteiger partial charge in [-0.2, -0.15) is 0 Å². The molecule has 0 aliphatic carbocycles. The van der Waals surface area contributed by atoms with E-state index < -0.39 is 17.9 Å². The minimum absolute atomic E-state index is 0.0643. The Morgan fingerprint density at radius 2 is 1.08 bits per heavy atom. The fraction of sp³-hybridized carbons (Fsp3) is 0.543. The SMILES string of the molecule is CONC[C@@H](CCc1ccccc1)NCc1ccc(CNC(=O)CN2CCN(CC(=O)O)CCN(CC(=O)O)CCN(CC(=O)O)CC2)cc1. The molecule has 0 spiro atoms. The van der Waals surface area contributed by atoms with Crippen molar-refractivity contribution in [2.24, 2.45) is 0 Å². The molecular weight excluding hydrogens is 646 g/mol. The number of carbonyl (C=O) groups excluding carboxylic acids is 1. The van der Waals surface area contributed by atoms with Gasteiger partial charge in [-0.15, -0.1) is 0 Å². The molecule has 0 aromatic heterocycles. The van der Waals surface area contributed by atoms with Crippen LogP contribution in [0.5, 0.6) is 0 Å². The number of nitrogens with one attached hydrogen (secondary N) is 3. The van der Waals surface area contributed by atoms with Crippen LogP contribution in [0.25, 0.3) is 0 Å². The molecule has 1 heterocycles. The Bertz CT molecular complexity index is 1290. The number of carboxylic acids is 3. The zero-order valence-corrected chi connectivity index (χ0v) is 29.0. The topological polar surface area (TPSA) is 187 Å². The van der Waals surface area contributed by atoms with Gasteiger partial charge in [0.1, 0.15) is 0 Å². The molecule has 2 aromatic rings. The van der Waals surface area contributed by atoms with E-state index in [-0.39, 0.29) is 38.1 Å². The van der Waals surface area contributed by atoms with Crippen molar-refractivity contribution < 1.29 is 39.3 Å². The van der Waals surface area contributed by atoms with Crippen LogP contribution in [0.1, 0.15) is 23.1 Å². The molecule has 15 heteroatoms. The summed E-state index contributed by atoms with van der Waals surface area (Å²) in [6.45, 7) is 3.85. The molecule has 1 amide bonds. The van der Waals surface area contributed by atoms with Gasteiger partial charge in [-0.25, -0.2) is 5.48 Å². The summed E-state index contributed by atoms with van der Waals surface area (Å²) in [4.78, 5) is 59.6. The lowest BCUT2D eigenvalue weighted by Gasteiger charge is -2.32. The summed E-state index contributed by atoms with van der Waals surface area (Å²) in [5.41, 5.74) is 6.31. The van der Waals surface area contributed by atoms with E-state index in [9.17, 15) is 34.5 Å². The van der Waals surface area contributed by atoms with Crippen molar-refractivity contribution in [1.82, 2.24) is 35.7 Å². The van der Waals surface area contributed by atoms with Gasteiger partial charge in [-0.05, 0) is 29.5 Å². The molecule has 15 nitrogen and oxygen atoms in total. The van der Waals surface area contributed by atoms with Gasteiger partial charge in [0.25, 0.3) is 0 Å². The number of amides is 1. The molecule has 3 rings (SSSR count). The summed E-state index contributed by atoms with van der Waals surface area (Å²) in [7, 11) is 1.61. The molecule has 50 heavy (non-hydrogen) atoms. The van der Waals surface area contributed by atoms with Crippen LogP contribution >= 0.6 is 0 Å². The Balaban J connectivity index is 1.53. The van der Waals surface area contributed by atoms with Crippen molar-refractivity contribution in [3.8, 4) is 0 Å². The molecule has 0 radical (unpaired) electrons. The summed E-state index contributed by atoms with van der Waals surface area (Å²) in [5.74, 6) is -3.19. The summed E-state index contributed by atoms with van der Waals surface area (Å²) < 4.78 is 0. The van der Waals surface area contributed by atoms with Gasteiger partial charge in [-0.3, -0.25) is 38.8 Å². The molecule has 1 fully saturated rings. The number of carbonyl (C=O) groups is 4. The first-order valence-corrected chi connectivity index (χ1v) is 17.0. The maximum atomic E-state index is 13.1. The van der Waals surface area contributed by atoms with Crippen molar-refractivity contribution in [1.29, 1.82) is 0 Å². The van der Waals surface area contributed by atoms with Crippen LogP contribution in [-0.2, 0) is 43.5 Å². The molecule has 1 saturated heterocycles. The largest absolute Gasteiger partial charge is 0.480 e. The van der Waals surface area contributed by atoms with Crippen LogP contribution in [0.3, 0.4) is 0 Å². The van der Waals surface area contributed by atoms with Gasteiger partial charge >= 0.3 is 17.9 Å². The molecule has 276 valence electrons. The Morgan fingerprint density at radius 3 is 1.52 bits per heavy atom. The average Bonchev–Trinajstić information content (AvgIpc) is 3.08. The second-order valence-corrected chi connectivity index (χ2v) is 12.5. The van der Waals surface area contributed by atoms with E-state index in [2.05, 4.69) is 28.2 Å². The zero-order chi connectivity index (χ0) is 36.1. The number of rotatable bonds is 19. The van der Waals surface area contributed by atoms with Crippen LogP contribution in [0.15, 0.2) is 54.6 Å². The highest BCUT2D eigenvalue weighted by molar-refractivity contribution is 5.78. The van der Waals surface area contributed by atoms with Crippen LogP contribution in [-0.4, -0.2) is 157 Å². The molecule has 1 aliphatic rings. The summed E-state index contributed by atoms with van der Waals surface area (Å²) in [6, 6.07) is 18.6. The minimum Gasteiger partial charge on any atom is -0.480 e. The Labute approximate surface area is 294 Å². The van der Waals surface area contributed by atoms with E-state index in [1.165, 1.54) is 5.56 Å².